The van der Waals surface area contributed by atoms with E-state index in [0.717, 1.165) is 31.1 Å². The highest BCUT2D eigenvalue weighted by Crippen LogP contribution is 2.22. The summed E-state index contributed by atoms with van der Waals surface area (Å²) in [4.78, 5) is 2.40. The number of ether oxygens (including phenoxy) is 1. The van der Waals surface area contributed by atoms with Crippen molar-refractivity contribution in [3.63, 3.8) is 0 Å². The standard InChI is InChI=1S/C15H21F2NO/c1-2-12-6-4-8-18(10-12)11-13-5-3-7-14(9-13)19-15(16)17/h3,5,7,9,12,15H,2,4,6,8,10-11H2,1H3/t12-/m1/s1. The molecule has 0 unspecified atom stereocenters. The molecule has 0 N–H and O–H groups in total. The summed E-state index contributed by atoms with van der Waals surface area (Å²) in [6.07, 6.45) is 3.75. The summed E-state index contributed by atoms with van der Waals surface area (Å²) in [5.74, 6) is 1.02. The van der Waals surface area contributed by atoms with Gasteiger partial charge in [0.25, 0.3) is 0 Å². The van der Waals surface area contributed by atoms with Crippen molar-refractivity contribution < 1.29 is 13.5 Å². The lowest BCUT2D eigenvalue weighted by molar-refractivity contribution is -0.0499. The van der Waals surface area contributed by atoms with Gasteiger partial charge in [0.1, 0.15) is 5.75 Å². The van der Waals surface area contributed by atoms with Crippen molar-refractivity contribution in [2.75, 3.05) is 13.1 Å². The topological polar surface area (TPSA) is 12.5 Å². The molecule has 1 aliphatic rings. The Morgan fingerprint density at radius 1 is 1.42 bits per heavy atom. The summed E-state index contributed by atoms with van der Waals surface area (Å²) in [6, 6.07) is 7.02. The van der Waals surface area contributed by atoms with Gasteiger partial charge >= 0.3 is 6.61 Å². The maximum Gasteiger partial charge on any atom is 0.387 e. The molecular formula is C15H21F2NO. The molecule has 0 aromatic heterocycles. The number of nitrogens with zero attached hydrogens (tertiary/aromatic N) is 1. The molecule has 0 radical (unpaired) electrons. The summed E-state index contributed by atoms with van der Waals surface area (Å²) in [5, 5.41) is 0. The molecule has 1 aromatic carbocycles. The minimum absolute atomic E-state index is 0.247. The van der Waals surface area contributed by atoms with Crippen LogP contribution < -0.4 is 4.74 Å². The van der Waals surface area contributed by atoms with Crippen LogP contribution in [0.4, 0.5) is 8.78 Å². The molecular weight excluding hydrogens is 248 g/mol. The first-order chi connectivity index (χ1) is 9.17. The SMILES string of the molecule is CC[C@@H]1CCCN(Cc2cccc(OC(F)F)c2)C1. The van der Waals surface area contributed by atoms with Gasteiger partial charge in [-0.2, -0.15) is 8.78 Å². The van der Waals surface area contributed by atoms with Gasteiger partial charge in [0, 0.05) is 13.1 Å². The molecule has 0 aliphatic carbocycles. The predicted octanol–water partition coefficient (Wildman–Crippen LogP) is 3.91. The fourth-order valence-electron chi connectivity index (χ4n) is 2.71. The highest BCUT2D eigenvalue weighted by Gasteiger charge is 2.18. The molecule has 4 heteroatoms. The van der Waals surface area contributed by atoms with Gasteiger partial charge in [0.05, 0.1) is 0 Å². The van der Waals surface area contributed by atoms with E-state index in [1.807, 2.05) is 6.07 Å². The molecule has 1 aliphatic heterocycles. The quantitative estimate of drug-likeness (QED) is 0.803. The van der Waals surface area contributed by atoms with Gasteiger partial charge in [-0.05, 0) is 43.0 Å². The van der Waals surface area contributed by atoms with Crippen LogP contribution in [0.25, 0.3) is 0 Å². The number of rotatable bonds is 5. The smallest absolute Gasteiger partial charge is 0.387 e. The molecule has 0 spiro atoms. The van der Waals surface area contributed by atoms with Crippen LogP contribution >= 0.6 is 0 Å². The number of piperidine rings is 1. The van der Waals surface area contributed by atoms with Gasteiger partial charge < -0.3 is 4.74 Å². The molecule has 0 amide bonds. The molecule has 2 nitrogen and oxygen atoms in total. The van der Waals surface area contributed by atoms with Crippen LogP contribution in [0.5, 0.6) is 5.75 Å². The van der Waals surface area contributed by atoms with Crippen LogP contribution in [0.3, 0.4) is 0 Å². The Morgan fingerprint density at radius 2 is 2.26 bits per heavy atom. The van der Waals surface area contributed by atoms with Gasteiger partial charge in [0.15, 0.2) is 0 Å². The van der Waals surface area contributed by atoms with Crippen molar-refractivity contribution in [2.24, 2.45) is 5.92 Å². The van der Waals surface area contributed by atoms with E-state index >= 15 is 0 Å². The molecule has 106 valence electrons. The second kappa shape index (κ2) is 6.85. The summed E-state index contributed by atoms with van der Waals surface area (Å²) >= 11 is 0. The first-order valence-corrected chi connectivity index (χ1v) is 6.93. The molecule has 1 heterocycles. The Hall–Kier alpha value is -1.16. The molecule has 19 heavy (non-hydrogen) atoms. The summed E-state index contributed by atoms with van der Waals surface area (Å²) in [7, 11) is 0. The van der Waals surface area contributed by atoms with Crippen molar-refractivity contribution >= 4 is 0 Å². The van der Waals surface area contributed by atoms with Crippen molar-refractivity contribution in [3.8, 4) is 5.75 Å². The Bertz CT molecular complexity index is 397. The van der Waals surface area contributed by atoms with Crippen LogP contribution in [-0.4, -0.2) is 24.6 Å². The van der Waals surface area contributed by atoms with Gasteiger partial charge in [-0.1, -0.05) is 25.5 Å². The highest BCUT2D eigenvalue weighted by atomic mass is 19.3. The average molecular weight is 269 g/mol. The van der Waals surface area contributed by atoms with E-state index < -0.39 is 6.61 Å². The second-order valence-corrected chi connectivity index (χ2v) is 5.18. The fourth-order valence-corrected chi connectivity index (χ4v) is 2.71. The third-order valence-corrected chi connectivity index (χ3v) is 3.71. The molecule has 0 saturated carbocycles. The number of benzene rings is 1. The Balaban J connectivity index is 1.94. The largest absolute Gasteiger partial charge is 0.435 e. The number of hydrogen-bond donors (Lipinski definition) is 0. The van der Waals surface area contributed by atoms with Crippen molar-refractivity contribution in [1.29, 1.82) is 0 Å². The van der Waals surface area contributed by atoms with Crippen LogP contribution in [0.1, 0.15) is 31.7 Å². The molecule has 1 saturated heterocycles. The van der Waals surface area contributed by atoms with E-state index in [1.54, 1.807) is 18.2 Å². The minimum Gasteiger partial charge on any atom is -0.435 e. The Labute approximate surface area is 113 Å². The third-order valence-electron chi connectivity index (χ3n) is 3.71. The molecule has 1 aromatic rings. The number of alkyl halides is 2. The second-order valence-electron chi connectivity index (χ2n) is 5.18. The lowest BCUT2D eigenvalue weighted by atomic mass is 9.95. The fraction of sp³-hybridized carbons (Fsp3) is 0.600. The zero-order valence-electron chi connectivity index (χ0n) is 11.3. The van der Waals surface area contributed by atoms with E-state index in [2.05, 4.69) is 16.6 Å². The lowest BCUT2D eigenvalue weighted by Crippen LogP contribution is -2.34. The molecule has 0 bridgehead atoms. The zero-order chi connectivity index (χ0) is 13.7. The number of halogens is 2. The molecule has 2 rings (SSSR count). The Morgan fingerprint density at radius 3 is 3.00 bits per heavy atom. The van der Waals surface area contributed by atoms with Crippen LogP contribution in [0.15, 0.2) is 24.3 Å². The van der Waals surface area contributed by atoms with Gasteiger partial charge in [-0.3, -0.25) is 4.90 Å². The number of hydrogen-bond acceptors (Lipinski definition) is 2. The van der Waals surface area contributed by atoms with Crippen molar-refractivity contribution in [1.82, 2.24) is 4.90 Å². The Kier molecular flexibility index (Phi) is 5.14. The normalized spacial score (nSPS) is 20.7. The van der Waals surface area contributed by atoms with Gasteiger partial charge in [-0.15, -0.1) is 0 Å². The maximum atomic E-state index is 12.2. The van der Waals surface area contributed by atoms with Gasteiger partial charge in [0.2, 0.25) is 0 Å². The predicted molar refractivity (Wildman–Crippen MR) is 71.4 cm³/mol. The number of likely N-dealkylation sites (tertiary alicyclic amines) is 1. The third kappa shape index (κ3) is 4.46. The van der Waals surface area contributed by atoms with Crippen LogP contribution in [0, 0.1) is 5.92 Å². The zero-order valence-corrected chi connectivity index (χ0v) is 11.3. The van der Waals surface area contributed by atoms with Crippen LogP contribution in [-0.2, 0) is 6.54 Å². The average Bonchev–Trinajstić information content (AvgIpc) is 2.38. The molecule has 1 atom stereocenters. The van der Waals surface area contributed by atoms with E-state index in [0.29, 0.717) is 0 Å². The summed E-state index contributed by atoms with van der Waals surface area (Å²) in [6.45, 7) is 2.49. The first-order valence-electron chi connectivity index (χ1n) is 6.93. The van der Waals surface area contributed by atoms with E-state index in [-0.39, 0.29) is 5.75 Å². The summed E-state index contributed by atoms with van der Waals surface area (Å²) < 4.78 is 28.8. The van der Waals surface area contributed by atoms with Crippen LogP contribution in [0.2, 0.25) is 0 Å². The maximum absolute atomic E-state index is 12.2. The van der Waals surface area contributed by atoms with Crippen molar-refractivity contribution in [2.45, 2.75) is 39.3 Å². The molecule has 1 fully saturated rings. The monoisotopic (exact) mass is 269 g/mol. The van der Waals surface area contributed by atoms with E-state index in [1.165, 1.54) is 19.3 Å². The first kappa shape index (κ1) is 14.3. The summed E-state index contributed by atoms with van der Waals surface area (Å²) in [5.41, 5.74) is 1.04. The van der Waals surface area contributed by atoms with E-state index in [4.69, 9.17) is 0 Å². The lowest BCUT2D eigenvalue weighted by Gasteiger charge is -2.32. The van der Waals surface area contributed by atoms with E-state index in [9.17, 15) is 8.78 Å². The van der Waals surface area contributed by atoms with Crippen molar-refractivity contribution in [3.05, 3.63) is 29.8 Å². The minimum atomic E-state index is -2.75. The highest BCUT2D eigenvalue weighted by molar-refractivity contribution is 5.28. The van der Waals surface area contributed by atoms with Gasteiger partial charge in [-0.25, -0.2) is 0 Å².